The Labute approximate surface area is 182 Å². The number of carbonyl (C=O) groups excluding carboxylic acids is 1. The molecule has 4 rings (SSSR count). The Morgan fingerprint density at radius 2 is 1.87 bits per heavy atom. The van der Waals surface area contributed by atoms with E-state index in [4.69, 9.17) is 9.15 Å². The number of amides is 1. The van der Waals surface area contributed by atoms with Gasteiger partial charge in [0, 0.05) is 35.8 Å². The summed E-state index contributed by atoms with van der Waals surface area (Å²) in [6.07, 6.45) is 3.47. The Kier molecular flexibility index (Phi) is 6.02. The molecule has 1 aliphatic rings. The summed E-state index contributed by atoms with van der Waals surface area (Å²) in [5.74, 6) is 1.03. The van der Waals surface area contributed by atoms with Gasteiger partial charge in [-0.25, -0.2) is 8.42 Å². The van der Waals surface area contributed by atoms with Gasteiger partial charge in [-0.15, -0.1) is 0 Å². The average Bonchev–Trinajstić information content (AvgIpc) is 3.16. The van der Waals surface area contributed by atoms with E-state index in [1.165, 1.54) is 0 Å². The Bertz CT molecular complexity index is 1180. The van der Waals surface area contributed by atoms with E-state index in [1.807, 2.05) is 12.1 Å². The van der Waals surface area contributed by atoms with Crippen LogP contribution in [0.2, 0.25) is 0 Å². The summed E-state index contributed by atoms with van der Waals surface area (Å²) in [7, 11) is -1.92. The minimum Gasteiger partial charge on any atom is -0.497 e. The fourth-order valence-corrected chi connectivity index (χ4v) is 5.26. The van der Waals surface area contributed by atoms with Crippen LogP contribution in [0.25, 0.3) is 11.0 Å². The summed E-state index contributed by atoms with van der Waals surface area (Å²) in [5.41, 5.74) is 1.98. The lowest BCUT2D eigenvalue weighted by atomic mass is 10.0. The number of nitrogens with one attached hydrogen (secondary N) is 1. The van der Waals surface area contributed by atoms with Gasteiger partial charge in [0.05, 0.1) is 24.7 Å². The van der Waals surface area contributed by atoms with Gasteiger partial charge in [0.25, 0.3) is 0 Å². The third kappa shape index (κ3) is 4.60. The number of furan rings is 1. The van der Waals surface area contributed by atoms with Crippen LogP contribution in [-0.2, 0) is 21.2 Å². The second-order valence-corrected chi connectivity index (χ2v) is 9.90. The lowest BCUT2D eigenvalue weighted by molar-refractivity contribution is -0.115. The van der Waals surface area contributed by atoms with E-state index in [2.05, 4.69) is 12.2 Å². The predicted octanol–water partition coefficient (Wildman–Crippen LogP) is 4.04. The Morgan fingerprint density at radius 1 is 1.16 bits per heavy atom. The summed E-state index contributed by atoms with van der Waals surface area (Å²) >= 11 is 0. The van der Waals surface area contributed by atoms with Crippen LogP contribution >= 0.6 is 0 Å². The number of methoxy groups -OCH3 is 1. The first-order valence-corrected chi connectivity index (χ1v) is 11.7. The SMILES string of the molecule is COc1ccc2c(CC(=O)Nc3ccc(S(=O)(=O)N4CCC(C)CC4)cc3)coc2c1. The lowest BCUT2D eigenvalue weighted by Gasteiger charge is -2.29. The van der Waals surface area contributed by atoms with Gasteiger partial charge in [-0.05, 0) is 55.2 Å². The zero-order valence-corrected chi connectivity index (χ0v) is 18.4. The summed E-state index contributed by atoms with van der Waals surface area (Å²) in [6.45, 7) is 3.24. The van der Waals surface area contributed by atoms with Gasteiger partial charge < -0.3 is 14.5 Å². The molecule has 1 fully saturated rings. The van der Waals surface area contributed by atoms with Gasteiger partial charge >= 0.3 is 0 Å². The number of fused-ring (bicyclic) bond motifs is 1. The maximum absolute atomic E-state index is 12.8. The topological polar surface area (TPSA) is 88.8 Å². The van der Waals surface area contributed by atoms with Crippen molar-refractivity contribution in [1.29, 1.82) is 0 Å². The lowest BCUT2D eigenvalue weighted by Crippen LogP contribution is -2.37. The molecule has 1 saturated heterocycles. The molecule has 0 saturated carbocycles. The van der Waals surface area contributed by atoms with Crippen molar-refractivity contribution in [2.24, 2.45) is 5.92 Å². The van der Waals surface area contributed by atoms with Gasteiger partial charge in [0.15, 0.2) is 0 Å². The van der Waals surface area contributed by atoms with Crippen molar-refractivity contribution in [3.8, 4) is 5.75 Å². The zero-order valence-electron chi connectivity index (χ0n) is 17.6. The van der Waals surface area contributed by atoms with Crippen molar-refractivity contribution in [2.45, 2.75) is 31.1 Å². The number of benzene rings is 2. The standard InChI is InChI=1S/C23H26N2O5S/c1-16-9-11-25(12-10-16)31(27,28)20-6-3-18(4-7-20)24-23(26)13-17-15-30-22-14-19(29-2)5-8-21(17)22/h3-8,14-16H,9-13H2,1-2H3,(H,24,26). The fourth-order valence-electron chi connectivity index (χ4n) is 3.79. The van der Waals surface area contributed by atoms with Crippen LogP contribution in [0.15, 0.2) is 58.0 Å². The van der Waals surface area contributed by atoms with Gasteiger partial charge in [0.1, 0.15) is 11.3 Å². The highest BCUT2D eigenvalue weighted by Crippen LogP contribution is 2.27. The molecule has 1 aliphatic heterocycles. The highest BCUT2D eigenvalue weighted by atomic mass is 32.2. The maximum Gasteiger partial charge on any atom is 0.243 e. The van der Waals surface area contributed by atoms with E-state index in [0.29, 0.717) is 36.0 Å². The molecule has 1 aromatic heterocycles. The number of piperidine rings is 1. The van der Waals surface area contributed by atoms with Gasteiger partial charge in [-0.1, -0.05) is 6.92 Å². The van der Waals surface area contributed by atoms with Crippen molar-refractivity contribution in [3.63, 3.8) is 0 Å². The molecular formula is C23H26N2O5S. The number of anilines is 1. The Balaban J connectivity index is 1.41. The average molecular weight is 443 g/mol. The first-order chi connectivity index (χ1) is 14.9. The van der Waals surface area contributed by atoms with Gasteiger partial charge in [0.2, 0.25) is 15.9 Å². The molecule has 0 aliphatic carbocycles. The number of nitrogens with zero attached hydrogens (tertiary/aromatic N) is 1. The Hall–Kier alpha value is -2.84. The third-order valence-corrected chi connectivity index (χ3v) is 7.65. The van der Waals surface area contributed by atoms with Gasteiger partial charge in [-0.3, -0.25) is 4.79 Å². The largest absolute Gasteiger partial charge is 0.497 e. The summed E-state index contributed by atoms with van der Waals surface area (Å²) in [4.78, 5) is 12.7. The zero-order chi connectivity index (χ0) is 22.0. The molecule has 3 aromatic rings. The number of hydrogen-bond donors (Lipinski definition) is 1. The van der Waals surface area contributed by atoms with Crippen molar-refractivity contribution in [3.05, 3.63) is 54.3 Å². The number of sulfonamides is 1. The molecule has 2 aromatic carbocycles. The summed E-state index contributed by atoms with van der Waals surface area (Å²) in [6, 6.07) is 11.8. The third-order valence-electron chi connectivity index (χ3n) is 5.73. The molecule has 1 N–H and O–H groups in total. The molecule has 1 amide bonds. The number of hydrogen-bond acceptors (Lipinski definition) is 5. The van der Waals surface area contributed by atoms with Crippen LogP contribution in [0.1, 0.15) is 25.3 Å². The smallest absolute Gasteiger partial charge is 0.243 e. The second-order valence-electron chi connectivity index (χ2n) is 7.96. The maximum atomic E-state index is 12.8. The molecule has 0 unspecified atom stereocenters. The van der Waals surface area contributed by atoms with E-state index < -0.39 is 10.0 Å². The van der Waals surface area contributed by atoms with Gasteiger partial charge in [-0.2, -0.15) is 4.31 Å². The van der Waals surface area contributed by atoms with Crippen molar-refractivity contribution in [1.82, 2.24) is 4.31 Å². The Morgan fingerprint density at radius 3 is 2.55 bits per heavy atom. The minimum atomic E-state index is -3.50. The molecule has 0 bridgehead atoms. The molecule has 0 spiro atoms. The molecule has 0 radical (unpaired) electrons. The highest BCUT2D eigenvalue weighted by Gasteiger charge is 2.27. The minimum absolute atomic E-state index is 0.144. The summed E-state index contributed by atoms with van der Waals surface area (Å²) < 4.78 is 37.9. The van der Waals surface area contributed by atoms with Crippen molar-refractivity contribution in [2.75, 3.05) is 25.5 Å². The monoisotopic (exact) mass is 442 g/mol. The van der Waals surface area contributed by atoms with Crippen LogP contribution in [0.3, 0.4) is 0 Å². The molecule has 31 heavy (non-hydrogen) atoms. The van der Waals surface area contributed by atoms with Crippen LogP contribution < -0.4 is 10.1 Å². The number of rotatable bonds is 6. The molecular weight excluding hydrogens is 416 g/mol. The van der Waals surface area contributed by atoms with Crippen molar-refractivity contribution < 1.29 is 22.4 Å². The molecule has 2 heterocycles. The first kappa shape index (κ1) is 21.4. The fraction of sp³-hybridized carbons (Fsp3) is 0.348. The molecule has 7 nitrogen and oxygen atoms in total. The van der Waals surface area contributed by atoms with E-state index >= 15 is 0 Å². The van der Waals surface area contributed by atoms with Crippen LogP contribution in [-0.4, -0.2) is 38.8 Å². The molecule has 0 atom stereocenters. The second kappa shape index (κ2) is 8.72. The quantitative estimate of drug-likeness (QED) is 0.622. The normalized spacial score (nSPS) is 15.8. The number of ether oxygens (including phenoxy) is 1. The van der Waals surface area contributed by atoms with Crippen LogP contribution in [0.5, 0.6) is 5.75 Å². The molecule has 8 heteroatoms. The first-order valence-electron chi connectivity index (χ1n) is 10.3. The van der Waals surface area contributed by atoms with E-state index in [-0.39, 0.29) is 17.2 Å². The highest BCUT2D eigenvalue weighted by molar-refractivity contribution is 7.89. The number of carbonyl (C=O) groups is 1. The van der Waals surface area contributed by atoms with E-state index in [1.54, 1.807) is 48.0 Å². The summed E-state index contributed by atoms with van der Waals surface area (Å²) in [5, 5.41) is 3.67. The van der Waals surface area contributed by atoms with Crippen LogP contribution in [0, 0.1) is 5.92 Å². The van der Waals surface area contributed by atoms with Crippen LogP contribution in [0.4, 0.5) is 5.69 Å². The van der Waals surface area contributed by atoms with Crippen molar-refractivity contribution >= 4 is 32.6 Å². The predicted molar refractivity (Wildman–Crippen MR) is 119 cm³/mol. The van der Waals surface area contributed by atoms with E-state index in [0.717, 1.165) is 23.8 Å². The van der Waals surface area contributed by atoms with E-state index in [9.17, 15) is 13.2 Å². The molecule has 164 valence electrons.